The Balaban J connectivity index is 2.91. The van der Waals surface area contributed by atoms with Gasteiger partial charge < -0.3 is 19.7 Å². The van der Waals surface area contributed by atoms with E-state index in [4.69, 9.17) is 9.47 Å². The van der Waals surface area contributed by atoms with Gasteiger partial charge in [0.2, 0.25) is 0 Å². The fraction of sp³-hybridized carbons (Fsp3) is 0.333. The largest absolute Gasteiger partial charge is 0.480 e. The van der Waals surface area contributed by atoms with Crippen LogP contribution in [-0.2, 0) is 28.7 Å². The molecule has 0 heterocycles. The summed E-state index contributed by atoms with van der Waals surface area (Å²) in [5, 5.41) is 19.0. The molecule has 0 aliphatic heterocycles. The molecule has 2 N–H and O–H groups in total. The molecule has 140 valence electrons. The first-order valence-electron chi connectivity index (χ1n) is 7.67. The van der Waals surface area contributed by atoms with Gasteiger partial charge in [-0.25, -0.2) is 9.59 Å². The van der Waals surface area contributed by atoms with E-state index in [1.165, 1.54) is 24.3 Å². The van der Waals surface area contributed by atoms with Gasteiger partial charge in [-0.2, -0.15) is 0 Å². The second-order valence-electron chi connectivity index (χ2n) is 5.60. The smallest absolute Gasteiger partial charge is 0.330 e. The maximum absolute atomic E-state index is 11.7. The summed E-state index contributed by atoms with van der Waals surface area (Å²) < 4.78 is 9.60. The van der Waals surface area contributed by atoms with Crippen molar-refractivity contribution in [1.29, 1.82) is 0 Å². The molecule has 0 aromatic rings. The SMILES string of the molecule is C=CC(=O)OCCC1(C(=O)O)C=CC(CCOC(=O)C=C)(C(=O)O)C=C1. The zero-order chi connectivity index (χ0) is 19.8. The summed E-state index contributed by atoms with van der Waals surface area (Å²) in [7, 11) is 0. The summed E-state index contributed by atoms with van der Waals surface area (Å²) in [5.74, 6) is -3.79. The summed E-state index contributed by atoms with van der Waals surface area (Å²) in [6.07, 6.45) is 6.77. The fourth-order valence-electron chi connectivity index (χ4n) is 2.30. The van der Waals surface area contributed by atoms with Crippen LogP contribution >= 0.6 is 0 Å². The van der Waals surface area contributed by atoms with Crippen molar-refractivity contribution in [1.82, 2.24) is 0 Å². The number of carboxylic acids is 2. The number of carbonyl (C=O) groups is 4. The van der Waals surface area contributed by atoms with E-state index in [1.807, 2.05) is 0 Å². The summed E-state index contributed by atoms with van der Waals surface area (Å²) in [5.41, 5.74) is -3.00. The van der Waals surface area contributed by atoms with Gasteiger partial charge in [0.15, 0.2) is 0 Å². The molecule has 0 spiro atoms. The Morgan fingerprint density at radius 2 is 1.08 bits per heavy atom. The first kappa shape index (κ1) is 20.9. The molecular formula is C18H20O8. The van der Waals surface area contributed by atoms with Crippen molar-refractivity contribution in [3.05, 3.63) is 49.6 Å². The molecule has 1 aliphatic rings. The average molecular weight is 364 g/mol. The third kappa shape index (κ3) is 4.92. The summed E-state index contributed by atoms with van der Waals surface area (Å²) >= 11 is 0. The molecule has 0 saturated heterocycles. The van der Waals surface area contributed by atoms with E-state index in [0.29, 0.717) is 0 Å². The molecule has 8 nitrogen and oxygen atoms in total. The fourth-order valence-corrected chi connectivity index (χ4v) is 2.30. The van der Waals surface area contributed by atoms with E-state index in [0.717, 1.165) is 12.2 Å². The lowest BCUT2D eigenvalue weighted by Gasteiger charge is -2.31. The van der Waals surface area contributed by atoms with E-state index >= 15 is 0 Å². The molecular weight excluding hydrogens is 344 g/mol. The Bertz CT molecular complexity index is 601. The number of hydrogen-bond acceptors (Lipinski definition) is 6. The predicted octanol–water partition coefficient (Wildman–Crippen LogP) is 1.49. The highest BCUT2D eigenvalue weighted by Crippen LogP contribution is 2.39. The number of esters is 2. The zero-order valence-electron chi connectivity index (χ0n) is 14.1. The number of carbonyl (C=O) groups excluding carboxylic acids is 2. The Kier molecular flexibility index (Phi) is 7.06. The minimum atomic E-state index is -1.50. The van der Waals surface area contributed by atoms with E-state index < -0.39 is 34.7 Å². The molecule has 0 saturated carbocycles. The van der Waals surface area contributed by atoms with Crippen molar-refractivity contribution in [3.63, 3.8) is 0 Å². The number of ether oxygens (including phenoxy) is 2. The summed E-state index contributed by atoms with van der Waals surface area (Å²) in [4.78, 5) is 45.4. The van der Waals surface area contributed by atoms with Gasteiger partial charge in [-0.05, 0) is 0 Å². The quantitative estimate of drug-likeness (QED) is 0.339. The lowest BCUT2D eigenvalue weighted by Crippen LogP contribution is -2.36. The first-order chi connectivity index (χ1) is 12.2. The lowest BCUT2D eigenvalue weighted by atomic mass is 9.72. The minimum Gasteiger partial charge on any atom is -0.480 e. The molecule has 0 radical (unpaired) electrons. The third-order valence-electron chi connectivity index (χ3n) is 4.01. The normalized spacial score (nSPS) is 23.7. The Morgan fingerprint density at radius 3 is 1.31 bits per heavy atom. The van der Waals surface area contributed by atoms with Crippen LogP contribution in [0.2, 0.25) is 0 Å². The number of aliphatic carboxylic acids is 2. The standard InChI is InChI=1S/C18H20O8/c1-3-13(19)25-11-9-17(15(21)22)5-7-18(8-6-17,16(23)24)10-12-26-14(20)4-2/h3-8H,1-2,9-12H2,(H,21,22)(H,23,24). The van der Waals surface area contributed by atoms with Crippen LogP contribution in [0, 0.1) is 10.8 Å². The van der Waals surface area contributed by atoms with Crippen LogP contribution in [0.3, 0.4) is 0 Å². The van der Waals surface area contributed by atoms with Gasteiger partial charge >= 0.3 is 23.9 Å². The summed E-state index contributed by atoms with van der Waals surface area (Å²) in [6, 6.07) is 0. The zero-order valence-corrected chi connectivity index (χ0v) is 14.1. The van der Waals surface area contributed by atoms with Crippen LogP contribution in [0.1, 0.15) is 12.8 Å². The van der Waals surface area contributed by atoms with Crippen LogP contribution < -0.4 is 0 Å². The van der Waals surface area contributed by atoms with Gasteiger partial charge in [0, 0.05) is 25.0 Å². The number of hydrogen-bond donors (Lipinski definition) is 2. The minimum absolute atomic E-state index is 0.0734. The molecule has 1 rings (SSSR count). The maximum atomic E-state index is 11.7. The topological polar surface area (TPSA) is 127 Å². The van der Waals surface area contributed by atoms with Crippen LogP contribution in [0.5, 0.6) is 0 Å². The van der Waals surface area contributed by atoms with E-state index in [2.05, 4.69) is 13.2 Å². The van der Waals surface area contributed by atoms with Crippen molar-refractivity contribution in [2.75, 3.05) is 13.2 Å². The molecule has 0 fully saturated rings. The Hall–Kier alpha value is -3.16. The summed E-state index contributed by atoms with van der Waals surface area (Å²) in [6.45, 7) is 6.12. The van der Waals surface area contributed by atoms with Gasteiger partial charge in [0.05, 0.1) is 13.2 Å². The van der Waals surface area contributed by atoms with Gasteiger partial charge in [-0.15, -0.1) is 0 Å². The first-order valence-corrected chi connectivity index (χ1v) is 7.67. The molecule has 1 aliphatic carbocycles. The molecule has 0 aromatic heterocycles. The van der Waals surface area contributed by atoms with Gasteiger partial charge in [-0.1, -0.05) is 37.5 Å². The highest BCUT2D eigenvalue weighted by molar-refractivity contribution is 5.85. The predicted molar refractivity (Wildman–Crippen MR) is 90.0 cm³/mol. The second kappa shape index (κ2) is 8.80. The van der Waals surface area contributed by atoms with E-state index in [9.17, 15) is 29.4 Å². The van der Waals surface area contributed by atoms with Crippen molar-refractivity contribution < 1.29 is 38.9 Å². The van der Waals surface area contributed by atoms with Gasteiger partial charge in [0.1, 0.15) is 10.8 Å². The lowest BCUT2D eigenvalue weighted by molar-refractivity contribution is -0.148. The monoisotopic (exact) mass is 364 g/mol. The number of carboxylic acid groups (broad SMARTS) is 2. The molecule has 26 heavy (non-hydrogen) atoms. The molecule has 0 amide bonds. The van der Waals surface area contributed by atoms with Crippen molar-refractivity contribution in [2.45, 2.75) is 12.8 Å². The van der Waals surface area contributed by atoms with Crippen molar-refractivity contribution in [2.24, 2.45) is 10.8 Å². The Labute approximate surface area is 150 Å². The van der Waals surface area contributed by atoms with Crippen molar-refractivity contribution in [3.8, 4) is 0 Å². The van der Waals surface area contributed by atoms with Crippen LogP contribution in [-0.4, -0.2) is 47.3 Å². The maximum Gasteiger partial charge on any atom is 0.330 e. The van der Waals surface area contributed by atoms with Crippen LogP contribution in [0.15, 0.2) is 49.6 Å². The second-order valence-corrected chi connectivity index (χ2v) is 5.60. The van der Waals surface area contributed by atoms with E-state index in [1.54, 1.807) is 0 Å². The van der Waals surface area contributed by atoms with E-state index in [-0.39, 0.29) is 26.1 Å². The van der Waals surface area contributed by atoms with Crippen LogP contribution in [0.25, 0.3) is 0 Å². The number of rotatable bonds is 10. The molecule has 8 heteroatoms. The van der Waals surface area contributed by atoms with Crippen molar-refractivity contribution >= 4 is 23.9 Å². The molecule has 0 aromatic carbocycles. The van der Waals surface area contributed by atoms with Crippen LogP contribution in [0.4, 0.5) is 0 Å². The average Bonchev–Trinajstić information content (AvgIpc) is 2.62. The van der Waals surface area contributed by atoms with Gasteiger partial charge in [-0.3, -0.25) is 9.59 Å². The molecule has 0 atom stereocenters. The highest BCUT2D eigenvalue weighted by Gasteiger charge is 2.42. The Morgan fingerprint density at radius 1 is 0.769 bits per heavy atom. The van der Waals surface area contributed by atoms with Gasteiger partial charge in [0.25, 0.3) is 0 Å². The molecule has 0 bridgehead atoms. The third-order valence-corrected chi connectivity index (χ3v) is 4.01. The highest BCUT2D eigenvalue weighted by atomic mass is 16.5. The molecule has 0 unspecified atom stereocenters.